The molecular formula is C21H19ClN2O. The molecule has 126 valence electrons. The van der Waals surface area contributed by atoms with Gasteiger partial charge in [0.15, 0.2) is 5.78 Å². The Balaban J connectivity index is 1.79. The summed E-state index contributed by atoms with van der Waals surface area (Å²) >= 11 is 6.14. The van der Waals surface area contributed by atoms with Crippen LogP contribution >= 0.6 is 11.6 Å². The lowest BCUT2D eigenvalue weighted by Crippen LogP contribution is -2.20. The van der Waals surface area contributed by atoms with Crippen LogP contribution in [0.4, 0.5) is 0 Å². The standard InChI is InChI=1S/C21H19ClN2O/c1-13-6-8-18(9-7-13)24-19-11-16(15-4-3-5-17(22)10-15)12-20(25)21(19)14(2)23-24/h3-10,16H,11-12H2,1-2H3. The molecule has 0 radical (unpaired) electrons. The molecule has 4 rings (SSSR count). The van der Waals surface area contributed by atoms with E-state index in [-0.39, 0.29) is 11.7 Å². The van der Waals surface area contributed by atoms with Gasteiger partial charge in [-0.05, 0) is 56.0 Å². The summed E-state index contributed by atoms with van der Waals surface area (Å²) < 4.78 is 1.93. The smallest absolute Gasteiger partial charge is 0.167 e. The van der Waals surface area contributed by atoms with Crippen molar-refractivity contribution in [2.75, 3.05) is 0 Å². The summed E-state index contributed by atoms with van der Waals surface area (Å²) in [6.07, 6.45) is 1.30. The van der Waals surface area contributed by atoms with Crippen molar-refractivity contribution in [3.63, 3.8) is 0 Å². The summed E-state index contributed by atoms with van der Waals surface area (Å²) in [6.45, 7) is 3.98. The van der Waals surface area contributed by atoms with Gasteiger partial charge in [-0.25, -0.2) is 4.68 Å². The normalized spacial score (nSPS) is 16.8. The maximum absolute atomic E-state index is 12.8. The first-order valence-corrected chi connectivity index (χ1v) is 8.85. The second kappa shape index (κ2) is 6.16. The Kier molecular flexibility index (Phi) is 3.97. The Hall–Kier alpha value is -2.39. The largest absolute Gasteiger partial charge is 0.294 e. The van der Waals surface area contributed by atoms with Crippen LogP contribution in [0.3, 0.4) is 0 Å². The highest BCUT2D eigenvalue weighted by atomic mass is 35.5. The Bertz CT molecular complexity index is 957. The highest BCUT2D eigenvalue weighted by Gasteiger charge is 2.32. The zero-order chi connectivity index (χ0) is 17.6. The number of carbonyl (C=O) groups excluding carboxylic acids is 1. The minimum atomic E-state index is 0.138. The topological polar surface area (TPSA) is 34.9 Å². The molecule has 1 aliphatic carbocycles. The molecular weight excluding hydrogens is 332 g/mol. The first-order valence-electron chi connectivity index (χ1n) is 8.47. The lowest BCUT2D eigenvalue weighted by atomic mass is 9.81. The van der Waals surface area contributed by atoms with E-state index in [1.165, 1.54) is 5.56 Å². The van der Waals surface area contributed by atoms with E-state index < -0.39 is 0 Å². The van der Waals surface area contributed by atoms with Gasteiger partial charge in [-0.1, -0.05) is 41.4 Å². The molecule has 0 saturated heterocycles. The SMILES string of the molecule is Cc1ccc(-n2nc(C)c3c2CC(c2cccc(Cl)c2)CC3=O)cc1. The van der Waals surface area contributed by atoms with Crippen molar-refractivity contribution >= 4 is 17.4 Å². The molecule has 1 unspecified atom stereocenters. The maximum atomic E-state index is 12.8. The number of aromatic nitrogens is 2. The molecule has 25 heavy (non-hydrogen) atoms. The van der Waals surface area contributed by atoms with E-state index in [4.69, 9.17) is 11.6 Å². The zero-order valence-electron chi connectivity index (χ0n) is 14.3. The van der Waals surface area contributed by atoms with Gasteiger partial charge in [0, 0.05) is 11.4 Å². The molecule has 4 heteroatoms. The van der Waals surface area contributed by atoms with Crippen LogP contribution in [0.5, 0.6) is 0 Å². The fourth-order valence-corrected chi connectivity index (χ4v) is 3.85. The molecule has 0 amide bonds. The number of Topliss-reactive ketones (excluding diaryl/α,β-unsaturated/α-hetero) is 1. The molecule has 0 spiro atoms. The van der Waals surface area contributed by atoms with E-state index in [0.717, 1.165) is 34.6 Å². The Morgan fingerprint density at radius 1 is 1.08 bits per heavy atom. The number of ketones is 1. The maximum Gasteiger partial charge on any atom is 0.167 e. The third-order valence-electron chi connectivity index (χ3n) is 4.91. The van der Waals surface area contributed by atoms with E-state index >= 15 is 0 Å². The Labute approximate surface area is 152 Å². The third-order valence-corrected chi connectivity index (χ3v) is 5.14. The predicted molar refractivity (Wildman–Crippen MR) is 99.9 cm³/mol. The molecule has 0 bridgehead atoms. The monoisotopic (exact) mass is 350 g/mol. The molecule has 1 heterocycles. The molecule has 0 fully saturated rings. The number of aryl methyl sites for hydroxylation is 2. The number of halogens is 1. The number of fused-ring (bicyclic) bond motifs is 1. The summed E-state index contributed by atoms with van der Waals surface area (Å²) in [5, 5.41) is 5.37. The molecule has 1 atom stereocenters. The van der Waals surface area contributed by atoms with Crippen LogP contribution in [0.2, 0.25) is 5.02 Å². The van der Waals surface area contributed by atoms with Crippen LogP contribution < -0.4 is 0 Å². The average Bonchev–Trinajstić information content (AvgIpc) is 2.93. The van der Waals surface area contributed by atoms with Crippen molar-refractivity contribution in [2.45, 2.75) is 32.6 Å². The zero-order valence-corrected chi connectivity index (χ0v) is 15.0. The highest BCUT2D eigenvalue weighted by molar-refractivity contribution is 6.30. The first-order chi connectivity index (χ1) is 12.0. The number of rotatable bonds is 2. The van der Waals surface area contributed by atoms with E-state index in [2.05, 4.69) is 36.3 Å². The van der Waals surface area contributed by atoms with Crippen molar-refractivity contribution in [3.8, 4) is 5.69 Å². The first kappa shape index (κ1) is 16.1. The van der Waals surface area contributed by atoms with E-state index in [1.807, 2.05) is 35.9 Å². The molecule has 2 aromatic carbocycles. The number of hydrogen-bond acceptors (Lipinski definition) is 2. The fraction of sp³-hybridized carbons (Fsp3) is 0.238. The molecule has 1 aromatic heterocycles. The van der Waals surface area contributed by atoms with Gasteiger partial charge in [0.05, 0.1) is 22.6 Å². The average molecular weight is 351 g/mol. The van der Waals surface area contributed by atoms with Gasteiger partial charge in [-0.15, -0.1) is 0 Å². The lowest BCUT2D eigenvalue weighted by Gasteiger charge is -2.23. The molecule has 1 aliphatic rings. The predicted octanol–water partition coefficient (Wildman–Crippen LogP) is 5.06. The van der Waals surface area contributed by atoms with E-state index in [0.29, 0.717) is 11.4 Å². The van der Waals surface area contributed by atoms with Gasteiger partial charge in [0.1, 0.15) is 0 Å². The fourth-order valence-electron chi connectivity index (χ4n) is 3.65. The number of carbonyl (C=O) groups is 1. The van der Waals surface area contributed by atoms with Gasteiger partial charge < -0.3 is 0 Å². The minimum Gasteiger partial charge on any atom is -0.294 e. The van der Waals surface area contributed by atoms with Crippen LogP contribution in [0.25, 0.3) is 5.69 Å². The molecule has 0 aliphatic heterocycles. The van der Waals surface area contributed by atoms with Gasteiger partial charge in [-0.2, -0.15) is 5.10 Å². The van der Waals surface area contributed by atoms with Crippen molar-refractivity contribution < 1.29 is 4.79 Å². The summed E-state index contributed by atoms with van der Waals surface area (Å²) in [5.74, 6) is 0.307. The van der Waals surface area contributed by atoms with Crippen LogP contribution in [0.15, 0.2) is 48.5 Å². The third kappa shape index (κ3) is 2.89. The Morgan fingerprint density at radius 3 is 2.56 bits per heavy atom. The molecule has 3 nitrogen and oxygen atoms in total. The van der Waals surface area contributed by atoms with Crippen LogP contribution in [-0.2, 0) is 6.42 Å². The highest BCUT2D eigenvalue weighted by Crippen LogP contribution is 2.35. The van der Waals surface area contributed by atoms with E-state index in [1.54, 1.807) is 0 Å². The second-order valence-corrected chi connectivity index (χ2v) is 7.17. The second-order valence-electron chi connectivity index (χ2n) is 6.74. The Morgan fingerprint density at radius 2 is 1.84 bits per heavy atom. The quantitative estimate of drug-likeness (QED) is 0.647. The van der Waals surface area contributed by atoms with Crippen molar-refractivity contribution in [2.24, 2.45) is 0 Å². The molecule has 0 saturated carbocycles. The summed E-state index contributed by atoms with van der Waals surface area (Å²) in [5.41, 5.74) is 5.91. The van der Waals surface area contributed by atoms with Crippen LogP contribution in [-0.4, -0.2) is 15.6 Å². The number of hydrogen-bond donors (Lipinski definition) is 0. The number of nitrogens with zero attached hydrogens (tertiary/aromatic N) is 2. The van der Waals surface area contributed by atoms with Gasteiger partial charge in [0.2, 0.25) is 0 Å². The van der Waals surface area contributed by atoms with Gasteiger partial charge in [-0.3, -0.25) is 4.79 Å². The van der Waals surface area contributed by atoms with Gasteiger partial charge >= 0.3 is 0 Å². The van der Waals surface area contributed by atoms with Crippen LogP contribution in [0, 0.1) is 13.8 Å². The van der Waals surface area contributed by atoms with Crippen molar-refractivity contribution in [3.05, 3.63) is 81.6 Å². The van der Waals surface area contributed by atoms with Crippen molar-refractivity contribution in [1.29, 1.82) is 0 Å². The summed E-state index contributed by atoms with van der Waals surface area (Å²) in [4.78, 5) is 12.8. The van der Waals surface area contributed by atoms with Gasteiger partial charge in [0.25, 0.3) is 0 Å². The van der Waals surface area contributed by atoms with Crippen molar-refractivity contribution in [1.82, 2.24) is 9.78 Å². The van der Waals surface area contributed by atoms with E-state index in [9.17, 15) is 4.79 Å². The molecule has 3 aromatic rings. The summed E-state index contributed by atoms with van der Waals surface area (Å²) in [7, 11) is 0. The lowest BCUT2D eigenvalue weighted by molar-refractivity contribution is 0.0963. The number of benzene rings is 2. The minimum absolute atomic E-state index is 0.138. The molecule has 0 N–H and O–H groups in total. The summed E-state index contributed by atoms with van der Waals surface area (Å²) in [6, 6.07) is 16.1. The van der Waals surface area contributed by atoms with Crippen LogP contribution in [0.1, 0.15) is 45.2 Å².